The molecule has 93 valence electrons. The summed E-state index contributed by atoms with van der Waals surface area (Å²) in [5.41, 5.74) is 3.31. The lowest BCUT2D eigenvalue weighted by Gasteiger charge is -2.10. The molecule has 0 unspecified atom stereocenters. The van der Waals surface area contributed by atoms with E-state index in [4.69, 9.17) is 0 Å². The highest BCUT2D eigenvalue weighted by Crippen LogP contribution is 2.28. The third kappa shape index (κ3) is 3.11. The molecular weight excluding hydrogens is 246 g/mol. The zero-order valence-corrected chi connectivity index (χ0v) is 10.9. The van der Waals surface area contributed by atoms with Crippen molar-refractivity contribution in [3.05, 3.63) is 61.0 Å². The van der Waals surface area contributed by atoms with Gasteiger partial charge in [-0.15, -0.1) is 0 Å². The third-order valence-electron chi connectivity index (χ3n) is 2.49. The lowest BCUT2D eigenvalue weighted by Crippen LogP contribution is -2.10. The molecule has 0 aliphatic heterocycles. The number of sulfonamides is 1. The summed E-state index contributed by atoms with van der Waals surface area (Å²) in [6.45, 7) is 3.83. The number of anilines is 1. The monoisotopic (exact) mass is 260 g/mol. The Morgan fingerprint density at radius 2 is 1.61 bits per heavy atom. The summed E-state index contributed by atoms with van der Waals surface area (Å²) < 4.78 is 25.2. The molecule has 0 aromatic heterocycles. The van der Waals surface area contributed by atoms with Crippen molar-refractivity contribution in [2.45, 2.75) is 0 Å². The van der Waals surface area contributed by atoms with E-state index < -0.39 is 10.0 Å². The molecule has 0 aliphatic carbocycles. The molecule has 0 atom stereocenters. The minimum absolute atomic E-state index is 0.580. The summed E-state index contributed by atoms with van der Waals surface area (Å²) in [4.78, 5) is 0. The van der Waals surface area contributed by atoms with Crippen molar-refractivity contribution in [1.29, 1.82) is 0 Å². The second-order valence-corrected chi connectivity index (χ2v) is 5.87. The molecule has 4 heteroatoms. The van der Waals surface area contributed by atoms with Crippen LogP contribution in [0.3, 0.4) is 0 Å². The number of rotatable bonds is 3. The quantitative estimate of drug-likeness (QED) is 0.922. The van der Waals surface area contributed by atoms with Crippen LogP contribution in [0.2, 0.25) is 0 Å². The number of benzene rings is 2. The highest BCUT2D eigenvalue weighted by atomic mass is 32.2. The molecule has 0 heterocycles. The predicted octanol–water partition coefficient (Wildman–Crippen LogP) is 2.91. The molecule has 0 amide bonds. The Balaban J connectivity index is 2.48. The molecule has 0 aliphatic rings. The van der Waals surface area contributed by atoms with Gasteiger partial charge in [0.2, 0.25) is 10.0 Å². The maximum Gasteiger partial charge on any atom is 0.229 e. The summed E-state index contributed by atoms with van der Waals surface area (Å²) in [5.74, 6) is 0. The molecule has 0 saturated carbocycles. The van der Waals surface area contributed by atoms with Gasteiger partial charge in [-0.25, -0.2) is 8.42 Å². The minimum atomic E-state index is -3.28. The van der Waals surface area contributed by atoms with Gasteiger partial charge in [0.25, 0.3) is 0 Å². The van der Waals surface area contributed by atoms with E-state index in [9.17, 15) is 8.42 Å². The fourth-order valence-electron chi connectivity index (χ4n) is 1.71. The van der Waals surface area contributed by atoms with E-state index in [1.54, 1.807) is 12.1 Å². The van der Waals surface area contributed by atoms with Crippen LogP contribution in [0, 0.1) is 6.92 Å². The standard InChI is InChI=1S/C14H14NO2S/c1-11-7-9-12(10-8-11)13-5-3-4-6-14(13)15-18(2,16)17/h3-10,15H,1H2,2H3. The summed E-state index contributed by atoms with van der Waals surface area (Å²) in [7, 11) is -3.28. The molecular formula is C14H14NO2S. The van der Waals surface area contributed by atoms with Gasteiger partial charge in [-0.3, -0.25) is 4.72 Å². The molecule has 2 rings (SSSR count). The Labute approximate surface area is 108 Å². The van der Waals surface area contributed by atoms with E-state index in [0.29, 0.717) is 5.69 Å². The van der Waals surface area contributed by atoms with Crippen molar-refractivity contribution in [2.24, 2.45) is 0 Å². The van der Waals surface area contributed by atoms with Crippen LogP contribution in [0.25, 0.3) is 11.1 Å². The van der Waals surface area contributed by atoms with Gasteiger partial charge in [0, 0.05) is 5.56 Å². The van der Waals surface area contributed by atoms with Gasteiger partial charge in [-0.2, -0.15) is 0 Å². The minimum Gasteiger partial charge on any atom is -0.283 e. The fourth-order valence-corrected chi connectivity index (χ4v) is 2.29. The second kappa shape index (κ2) is 4.82. The Morgan fingerprint density at radius 3 is 2.22 bits per heavy atom. The van der Waals surface area contributed by atoms with Crippen LogP contribution in [-0.2, 0) is 10.0 Å². The van der Waals surface area contributed by atoms with Gasteiger partial charge in [0.1, 0.15) is 0 Å². The molecule has 0 spiro atoms. The molecule has 18 heavy (non-hydrogen) atoms. The van der Waals surface area contributed by atoms with E-state index >= 15 is 0 Å². The van der Waals surface area contributed by atoms with Gasteiger partial charge in [-0.1, -0.05) is 42.5 Å². The lowest BCUT2D eigenvalue weighted by molar-refractivity contribution is 0.607. The van der Waals surface area contributed by atoms with Gasteiger partial charge in [-0.05, 0) is 24.1 Å². The first kappa shape index (κ1) is 12.6. The van der Waals surface area contributed by atoms with Crippen LogP contribution in [0.15, 0.2) is 48.5 Å². The molecule has 3 nitrogen and oxygen atoms in total. The van der Waals surface area contributed by atoms with Crippen molar-refractivity contribution in [3.63, 3.8) is 0 Å². The maximum absolute atomic E-state index is 11.3. The number of hydrogen-bond acceptors (Lipinski definition) is 2. The first-order valence-electron chi connectivity index (χ1n) is 5.45. The smallest absolute Gasteiger partial charge is 0.229 e. The van der Waals surface area contributed by atoms with Crippen LogP contribution in [0.4, 0.5) is 5.69 Å². The Morgan fingerprint density at radius 1 is 1.00 bits per heavy atom. The van der Waals surface area contributed by atoms with Crippen LogP contribution in [0.1, 0.15) is 5.56 Å². The number of para-hydroxylation sites is 1. The zero-order chi connectivity index (χ0) is 13.2. The van der Waals surface area contributed by atoms with Gasteiger partial charge in [0.15, 0.2) is 0 Å². The molecule has 0 fully saturated rings. The number of nitrogens with one attached hydrogen (secondary N) is 1. The number of hydrogen-bond donors (Lipinski definition) is 1. The predicted molar refractivity (Wildman–Crippen MR) is 74.8 cm³/mol. The highest BCUT2D eigenvalue weighted by molar-refractivity contribution is 7.92. The normalized spacial score (nSPS) is 11.2. The van der Waals surface area contributed by atoms with Gasteiger partial charge >= 0.3 is 0 Å². The average Bonchev–Trinajstić information content (AvgIpc) is 2.29. The average molecular weight is 260 g/mol. The Hall–Kier alpha value is -1.81. The summed E-state index contributed by atoms with van der Waals surface area (Å²) in [6, 6.07) is 14.9. The van der Waals surface area contributed by atoms with E-state index in [1.807, 2.05) is 36.4 Å². The van der Waals surface area contributed by atoms with Crippen LogP contribution >= 0.6 is 0 Å². The van der Waals surface area contributed by atoms with E-state index in [1.165, 1.54) is 0 Å². The van der Waals surface area contributed by atoms with Gasteiger partial charge in [0.05, 0.1) is 11.9 Å². The second-order valence-electron chi connectivity index (χ2n) is 4.12. The van der Waals surface area contributed by atoms with Crippen molar-refractivity contribution < 1.29 is 8.42 Å². The molecule has 0 bridgehead atoms. The molecule has 2 aromatic rings. The SMILES string of the molecule is [CH2]c1ccc(-c2ccccc2NS(C)(=O)=O)cc1. The summed E-state index contributed by atoms with van der Waals surface area (Å²) in [5, 5.41) is 0. The maximum atomic E-state index is 11.3. The van der Waals surface area contributed by atoms with Crippen molar-refractivity contribution >= 4 is 15.7 Å². The van der Waals surface area contributed by atoms with Crippen molar-refractivity contribution in [1.82, 2.24) is 0 Å². The lowest BCUT2D eigenvalue weighted by atomic mass is 10.0. The van der Waals surface area contributed by atoms with Crippen molar-refractivity contribution in [3.8, 4) is 11.1 Å². The van der Waals surface area contributed by atoms with E-state index in [0.717, 1.165) is 22.9 Å². The molecule has 0 saturated heterocycles. The van der Waals surface area contributed by atoms with Crippen molar-refractivity contribution in [2.75, 3.05) is 11.0 Å². The Bertz CT molecular complexity index is 646. The first-order valence-corrected chi connectivity index (χ1v) is 7.34. The van der Waals surface area contributed by atoms with Gasteiger partial charge < -0.3 is 0 Å². The third-order valence-corrected chi connectivity index (χ3v) is 3.08. The van der Waals surface area contributed by atoms with Crippen LogP contribution < -0.4 is 4.72 Å². The topological polar surface area (TPSA) is 46.2 Å². The molecule has 1 N–H and O–H groups in total. The molecule has 1 radical (unpaired) electrons. The Kier molecular flexibility index (Phi) is 3.39. The van der Waals surface area contributed by atoms with Crippen LogP contribution in [0.5, 0.6) is 0 Å². The first-order chi connectivity index (χ1) is 8.46. The van der Waals surface area contributed by atoms with E-state index in [-0.39, 0.29) is 0 Å². The zero-order valence-electron chi connectivity index (χ0n) is 10.1. The summed E-state index contributed by atoms with van der Waals surface area (Å²) >= 11 is 0. The highest BCUT2D eigenvalue weighted by Gasteiger charge is 2.08. The fraction of sp³-hybridized carbons (Fsp3) is 0.0714. The largest absolute Gasteiger partial charge is 0.283 e. The summed E-state index contributed by atoms with van der Waals surface area (Å²) in [6.07, 6.45) is 1.14. The van der Waals surface area contributed by atoms with Crippen LogP contribution in [-0.4, -0.2) is 14.7 Å². The molecule has 2 aromatic carbocycles. The van der Waals surface area contributed by atoms with E-state index in [2.05, 4.69) is 11.6 Å².